The molecular weight excluding hydrogens is 284 g/mol. The highest BCUT2D eigenvalue weighted by Gasteiger charge is 2.06. The molecule has 0 unspecified atom stereocenters. The second kappa shape index (κ2) is 3.88. The highest BCUT2D eigenvalue weighted by atomic mass is 79.9. The first-order valence-electron chi connectivity index (χ1n) is 3.83. The van der Waals surface area contributed by atoms with E-state index in [1.165, 1.54) is 11.3 Å². The van der Waals surface area contributed by atoms with Crippen molar-refractivity contribution in [2.45, 2.75) is 0 Å². The molecule has 0 saturated carbocycles. The van der Waals surface area contributed by atoms with E-state index >= 15 is 0 Å². The second-order valence-corrected chi connectivity index (χ2v) is 4.91. The van der Waals surface area contributed by atoms with Crippen LogP contribution in [0.4, 0.5) is 5.13 Å². The molecule has 2 N–H and O–H groups in total. The van der Waals surface area contributed by atoms with Crippen molar-refractivity contribution in [3.05, 3.63) is 33.1 Å². The number of aromatic nitrogens is 1. The normalized spacial score (nSPS) is 10.4. The van der Waals surface area contributed by atoms with E-state index in [2.05, 4.69) is 20.9 Å². The molecule has 0 aliphatic heterocycles. The first kappa shape index (κ1) is 9.96. The highest BCUT2D eigenvalue weighted by molar-refractivity contribution is 9.10. The third-order valence-corrected chi connectivity index (χ3v) is 3.21. The maximum absolute atomic E-state index is 6.07. The van der Waals surface area contributed by atoms with Crippen molar-refractivity contribution in [3.63, 3.8) is 0 Å². The molecule has 14 heavy (non-hydrogen) atoms. The summed E-state index contributed by atoms with van der Waals surface area (Å²) in [5.41, 5.74) is 7.28. The first-order chi connectivity index (χ1) is 6.66. The Kier molecular flexibility index (Phi) is 2.76. The number of hydrogen-bond donors (Lipinski definition) is 1. The number of anilines is 1. The van der Waals surface area contributed by atoms with E-state index in [0.29, 0.717) is 10.2 Å². The zero-order valence-electron chi connectivity index (χ0n) is 7.00. The number of nitrogens with zero attached hydrogens (tertiary/aromatic N) is 1. The van der Waals surface area contributed by atoms with Crippen molar-refractivity contribution < 1.29 is 0 Å². The Bertz CT molecular complexity index is 470. The Labute approximate surface area is 98.9 Å². The fraction of sp³-hybridized carbons (Fsp3) is 0. The summed E-state index contributed by atoms with van der Waals surface area (Å²) in [5, 5.41) is 3.12. The van der Waals surface area contributed by atoms with E-state index < -0.39 is 0 Å². The molecule has 0 aliphatic rings. The van der Waals surface area contributed by atoms with Crippen LogP contribution in [0.3, 0.4) is 0 Å². The van der Waals surface area contributed by atoms with Gasteiger partial charge in [-0.1, -0.05) is 33.6 Å². The second-order valence-electron chi connectivity index (χ2n) is 2.70. The van der Waals surface area contributed by atoms with Gasteiger partial charge in [-0.3, -0.25) is 0 Å². The first-order valence-corrected chi connectivity index (χ1v) is 5.88. The molecule has 0 saturated heterocycles. The number of nitrogens with two attached hydrogens (primary N) is 1. The molecule has 0 fully saturated rings. The molecule has 1 aromatic heterocycles. The van der Waals surface area contributed by atoms with Gasteiger partial charge in [0, 0.05) is 15.4 Å². The predicted octanol–water partition coefficient (Wildman–Crippen LogP) is 3.81. The van der Waals surface area contributed by atoms with Gasteiger partial charge in [0.15, 0.2) is 5.13 Å². The van der Waals surface area contributed by atoms with Crippen LogP contribution in [0.5, 0.6) is 0 Å². The number of nitrogen functional groups attached to an aromatic ring is 1. The van der Waals surface area contributed by atoms with Gasteiger partial charge in [0.25, 0.3) is 0 Å². The van der Waals surface area contributed by atoms with E-state index in [-0.39, 0.29) is 0 Å². The molecule has 1 aromatic carbocycles. The van der Waals surface area contributed by atoms with E-state index in [9.17, 15) is 0 Å². The van der Waals surface area contributed by atoms with Crippen LogP contribution in [-0.4, -0.2) is 4.98 Å². The SMILES string of the molecule is Nc1nc(-c2ccc(Br)cc2Cl)cs1. The summed E-state index contributed by atoms with van der Waals surface area (Å²) in [4.78, 5) is 4.17. The lowest BCUT2D eigenvalue weighted by atomic mass is 10.2. The van der Waals surface area contributed by atoms with Crippen molar-refractivity contribution in [1.29, 1.82) is 0 Å². The molecule has 1 heterocycles. The van der Waals surface area contributed by atoms with E-state index in [1.54, 1.807) is 0 Å². The van der Waals surface area contributed by atoms with Gasteiger partial charge < -0.3 is 5.73 Å². The standard InChI is InChI=1S/C9H6BrClN2S/c10-5-1-2-6(7(11)3-5)8-4-14-9(12)13-8/h1-4H,(H2,12,13). The van der Waals surface area contributed by atoms with Gasteiger partial charge in [0.05, 0.1) is 10.7 Å². The van der Waals surface area contributed by atoms with Gasteiger partial charge in [-0.25, -0.2) is 4.98 Å². The maximum Gasteiger partial charge on any atom is 0.180 e. The molecule has 0 amide bonds. The summed E-state index contributed by atoms with van der Waals surface area (Å²) in [6.45, 7) is 0. The van der Waals surface area contributed by atoms with Gasteiger partial charge in [0.1, 0.15) is 0 Å². The van der Waals surface area contributed by atoms with Gasteiger partial charge >= 0.3 is 0 Å². The van der Waals surface area contributed by atoms with Crippen molar-refractivity contribution in [2.75, 3.05) is 5.73 Å². The largest absolute Gasteiger partial charge is 0.375 e. The lowest BCUT2D eigenvalue weighted by Gasteiger charge is -2.00. The van der Waals surface area contributed by atoms with E-state index in [4.69, 9.17) is 17.3 Å². The quantitative estimate of drug-likeness (QED) is 0.867. The van der Waals surface area contributed by atoms with Crippen molar-refractivity contribution in [3.8, 4) is 11.3 Å². The Hall–Kier alpha value is -0.580. The van der Waals surface area contributed by atoms with Crippen LogP contribution in [0.15, 0.2) is 28.1 Å². The van der Waals surface area contributed by atoms with Crippen LogP contribution in [0, 0.1) is 0 Å². The third-order valence-electron chi connectivity index (χ3n) is 1.73. The number of thiazole rings is 1. The fourth-order valence-corrected chi connectivity index (χ4v) is 2.44. The minimum Gasteiger partial charge on any atom is -0.375 e. The van der Waals surface area contributed by atoms with Crippen LogP contribution in [-0.2, 0) is 0 Å². The third kappa shape index (κ3) is 1.92. The topological polar surface area (TPSA) is 38.9 Å². The number of benzene rings is 1. The van der Waals surface area contributed by atoms with Gasteiger partial charge in [-0.15, -0.1) is 11.3 Å². The Morgan fingerprint density at radius 1 is 1.43 bits per heavy atom. The van der Waals surface area contributed by atoms with E-state index in [1.807, 2.05) is 23.6 Å². The molecule has 0 atom stereocenters. The number of halogens is 2. The fourth-order valence-electron chi connectivity index (χ4n) is 1.11. The molecular formula is C9H6BrClN2S. The van der Waals surface area contributed by atoms with Crippen LogP contribution >= 0.6 is 38.9 Å². The molecule has 0 aliphatic carbocycles. The lowest BCUT2D eigenvalue weighted by Crippen LogP contribution is -1.83. The monoisotopic (exact) mass is 288 g/mol. The summed E-state index contributed by atoms with van der Waals surface area (Å²) in [7, 11) is 0. The summed E-state index contributed by atoms with van der Waals surface area (Å²) in [5.74, 6) is 0. The van der Waals surface area contributed by atoms with E-state index in [0.717, 1.165) is 15.7 Å². The van der Waals surface area contributed by atoms with Gasteiger partial charge in [-0.05, 0) is 12.1 Å². The van der Waals surface area contributed by atoms with Crippen molar-refractivity contribution in [2.24, 2.45) is 0 Å². The minimum atomic E-state index is 0.555. The van der Waals surface area contributed by atoms with Gasteiger partial charge in [-0.2, -0.15) is 0 Å². The molecule has 0 spiro atoms. The highest BCUT2D eigenvalue weighted by Crippen LogP contribution is 2.31. The van der Waals surface area contributed by atoms with Crippen molar-refractivity contribution in [1.82, 2.24) is 4.98 Å². The molecule has 0 bridgehead atoms. The average molecular weight is 290 g/mol. The zero-order valence-corrected chi connectivity index (χ0v) is 10.2. The molecule has 2 rings (SSSR count). The molecule has 2 aromatic rings. The Morgan fingerprint density at radius 3 is 2.79 bits per heavy atom. The zero-order chi connectivity index (χ0) is 10.1. The van der Waals surface area contributed by atoms with Crippen LogP contribution < -0.4 is 5.73 Å². The predicted molar refractivity (Wildman–Crippen MR) is 64.7 cm³/mol. The minimum absolute atomic E-state index is 0.555. The Balaban J connectivity index is 2.52. The van der Waals surface area contributed by atoms with Crippen molar-refractivity contribution >= 4 is 44.0 Å². The smallest absolute Gasteiger partial charge is 0.180 e. The molecule has 72 valence electrons. The van der Waals surface area contributed by atoms with Gasteiger partial charge in [0.2, 0.25) is 0 Å². The summed E-state index contributed by atoms with van der Waals surface area (Å²) in [6.07, 6.45) is 0. The van der Waals surface area contributed by atoms with Crippen LogP contribution in [0.2, 0.25) is 5.02 Å². The molecule has 2 nitrogen and oxygen atoms in total. The summed E-state index contributed by atoms with van der Waals surface area (Å²) >= 11 is 10.8. The summed E-state index contributed by atoms with van der Waals surface area (Å²) < 4.78 is 0.953. The number of rotatable bonds is 1. The molecule has 5 heteroatoms. The average Bonchev–Trinajstić information content (AvgIpc) is 2.51. The molecule has 0 radical (unpaired) electrons. The maximum atomic E-state index is 6.07. The van der Waals surface area contributed by atoms with Crippen LogP contribution in [0.1, 0.15) is 0 Å². The summed E-state index contributed by atoms with van der Waals surface area (Å²) in [6, 6.07) is 5.68. The number of hydrogen-bond acceptors (Lipinski definition) is 3. The Morgan fingerprint density at radius 2 is 2.21 bits per heavy atom. The van der Waals surface area contributed by atoms with Crippen LogP contribution in [0.25, 0.3) is 11.3 Å². The lowest BCUT2D eigenvalue weighted by molar-refractivity contribution is 1.41.